The van der Waals surface area contributed by atoms with Crippen LogP contribution in [0.1, 0.15) is 59.3 Å². The number of hydrogen-bond acceptors (Lipinski definition) is 3. The molecule has 3 nitrogen and oxygen atoms in total. The molecule has 2 aliphatic rings. The Morgan fingerprint density at radius 1 is 1.35 bits per heavy atom. The summed E-state index contributed by atoms with van der Waals surface area (Å²) < 4.78 is 11.2. The second-order valence-electron chi connectivity index (χ2n) is 5.49. The number of carbonyl (C=O) groups is 1. The van der Waals surface area contributed by atoms with Crippen LogP contribution >= 0.6 is 0 Å². The summed E-state index contributed by atoms with van der Waals surface area (Å²) >= 11 is 0. The largest absolute Gasteiger partial charge is 0.464 e. The monoisotopic (exact) mass is 240 g/mol. The molecule has 0 amide bonds. The predicted molar refractivity (Wildman–Crippen MR) is 65.7 cm³/mol. The molecule has 0 bridgehead atoms. The fraction of sp³-hybridized carbons (Fsp3) is 0.929. The molecule has 0 N–H and O–H groups in total. The molecule has 1 saturated carbocycles. The van der Waals surface area contributed by atoms with Crippen LogP contribution in [0, 0.1) is 5.92 Å². The van der Waals surface area contributed by atoms with Gasteiger partial charge in [0.2, 0.25) is 0 Å². The van der Waals surface area contributed by atoms with Crippen LogP contribution in [0.2, 0.25) is 0 Å². The third-order valence-corrected chi connectivity index (χ3v) is 4.49. The van der Waals surface area contributed by atoms with Crippen LogP contribution in [0.3, 0.4) is 0 Å². The highest BCUT2D eigenvalue weighted by molar-refractivity contribution is 5.85. The van der Waals surface area contributed by atoms with Gasteiger partial charge in [-0.05, 0) is 39.0 Å². The second-order valence-corrected chi connectivity index (χ2v) is 5.49. The van der Waals surface area contributed by atoms with E-state index in [2.05, 4.69) is 13.8 Å². The first-order valence-corrected chi connectivity index (χ1v) is 6.98. The van der Waals surface area contributed by atoms with E-state index in [1.807, 2.05) is 6.92 Å². The summed E-state index contributed by atoms with van der Waals surface area (Å²) in [6, 6.07) is 0. The molecule has 1 saturated heterocycles. The van der Waals surface area contributed by atoms with Crippen LogP contribution in [0.4, 0.5) is 0 Å². The van der Waals surface area contributed by atoms with Gasteiger partial charge >= 0.3 is 5.97 Å². The van der Waals surface area contributed by atoms with Crippen molar-refractivity contribution >= 4 is 5.97 Å². The molecule has 0 aromatic rings. The molecule has 1 aliphatic carbocycles. The van der Waals surface area contributed by atoms with E-state index in [1.165, 1.54) is 25.7 Å². The van der Waals surface area contributed by atoms with E-state index in [-0.39, 0.29) is 11.6 Å². The van der Waals surface area contributed by atoms with Crippen molar-refractivity contribution in [2.45, 2.75) is 70.5 Å². The SMILES string of the molecule is CCCC1(C(=O)OCC)OC1(C)C1CCCC1. The molecule has 3 heteroatoms. The first-order chi connectivity index (χ1) is 8.10. The summed E-state index contributed by atoms with van der Waals surface area (Å²) in [5.74, 6) is 0.398. The quantitative estimate of drug-likeness (QED) is 0.547. The molecule has 0 aromatic heterocycles. The third-order valence-electron chi connectivity index (χ3n) is 4.49. The summed E-state index contributed by atoms with van der Waals surface area (Å²) in [5.41, 5.74) is -0.890. The summed E-state index contributed by atoms with van der Waals surface area (Å²) in [6.45, 7) is 6.49. The Balaban J connectivity index is 2.12. The lowest BCUT2D eigenvalue weighted by Crippen LogP contribution is -2.38. The third kappa shape index (κ3) is 1.88. The van der Waals surface area contributed by atoms with Gasteiger partial charge in [0.05, 0.1) is 6.61 Å². The highest BCUT2D eigenvalue weighted by Gasteiger charge is 2.74. The molecule has 2 rings (SSSR count). The minimum absolute atomic E-state index is 0.142. The molecule has 0 spiro atoms. The van der Waals surface area contributed by atoms with E-state index in [1.54, 1.807) is 0 Å². The summed E-state index contributed by atoms with van der Waals surface area (Å²) in [4.78, 5) is 12.1. The van der Waals surface area contributed by atoms with Crippen molar-refractivity contribution in [2.75, 3.05) is 6.61 Å². The van der Waals surface area contributed by atoms with Crippen LogP contribution in [-0.2, 0) is 14.3 Å². The topological polar surface area (TPSA) is 38.8 Å². The predicted octanol–water partition coefficient (Wildman–Crippen LogP) is 3.07. The molecule has 17 heavy (non-hydrogen) atoms. The Labute approximate surface area is 104 Å². The lowest BCUT2D eigenvalue weighted by molar-refractivity contribution is -0.150. The molecule has 0 aromatic carbocycles. The van der Waals surface area contributed by atoms with Crippen molar-refractivity contribution in [1.29, 1.82) is 0 Å². The molecule has 98 valence electrons. The fourth-order valence-corrected chi connectivity index (χ4v) is 3.47. The van der Waals surface area contributed by atoms with Crippen molar-refractivity contribution in [3.8, 4) is 0 Å². The highest BCUT2D eigenvalue weighted by atomic mass is 16.7. The Morgan fingerprint density at radius 3 is 2.53 bits per heavy atom. The van der Waals surface area contributed by atoms with Gasteiger partial charge in [0, 0.05) is 0 Å². The number of carbonyl (C=O) groups excluding carboxylic acids is 1. The van der Waals surface area contributed by atoms with Gasteiger partial charge in [-0.2, -0.15) is 0 Å². The van der Waals surface area contributed by atoms with Crippen LogP contribution in [0.15, 0.2) is 0 Å². The van der Waals surface area contributed by atoms with E-state index in [0.717, 1.165) is 12.8 Å². The van der Waals surface area contributed by atoms with Crippen molar-refractivity contribution in [2.24, 2.45) is 5.92 Å². The average Bonchev–Trinajstić information content (AvgIpc) is 2.69. The Kier molecular flexibility index (Phi) is 3.48. The molecule has 1 heterocycles. The van der Waals surface area contributed by atoms with E-state index >= 15 is 0 Å². The van der Waals surface area contributed by atoms with Gasteiger partial charge in [-0.25, -0.2) is 4.79 Å². The van der Waals surface area contributed by atoms with Crippen molar-refractivity contribution in [1.82, 2.24) is 0 Å². The molecule has 1 aliphatic heterocycles. The van der Waals surface area contributed by atoms with Crippen molar-refractivity contribution in [3.05, 3.63) is 0 Å². The van der Waals surface area contributed by atoms with Gasteiger partial charge in [0.15, 0.2) is 5.60 Å². The second kappa shape index (κ2) is 4.60. The first kappa shape index (κ1) is 12.9. The molecular weight excluding hydrogens is 216 g/mol. The van der Waals surface area contributed by atoms with E-state index < -0.39 is 5.60 Å². The smallest absolute Gasteiger partial charge is 0.341 e. The molecular formula is C14H24O3. The van der Waals surface area contributed by atoms with Crippen LogP contribution in [0.5, 0.6) is 0 Å². The van der Waals surface area contributed by atoms with Gasteiger partial charge in [-0.3, -0.25) is 0 Å². The minimum atomic E-state index is -0.632. The van der Waals surface area contributed by atoms with Gasteiger partial charge in [-0.15, -0.1) is 0 Å². The van der Waals surface area contributed by atoms with Crippen LogP contribution in [-0.4, -0.2) is 23.8 Å². The maximum Gasteiger partial charge on any atom is 0.341 e. The van der Waals surface area contributed by atoms with Crippen molar-refractivity contribution < 1.29 is 14.3 Å². The summed E-state index contributed by atoms with van der Waals surface area (Å²) in [6.07, 6.45) is 6.69. The zero-order valence-electron chi connectivity index (χ0n) is 11.3. The normalized spacial score (nSPS) is 37.1. The van der Waals surface area contributed by atoms with Crippen LogP contribution < -0.4 is 0 Å². The Morgan fingerprint density at radius 2 is 2.00 bits per heavy atom. The lowest BCUT2D eigenvalue weighted by atomic mass is 9.80. The maximum atomic E-state index is 12.1. The molecule has 0 radical (unpaired) electrons. The number of esters is 1. The van der Waals surface area contributed by atoms with Gasteiger partial charge in [-0.1, -0.05) is 26.2 Å². The van der Waals surface area contributed by atoms with Crippen molar-refractivity contribution in [3.63, 3.8) is 0 Å². The lowest BCUT2D eigenvalue weighted by Gasteiger charge is -2.20. The maximum absolute atomic E-state index is 12.1. The van der Waals surface area contributed by atoms with Crippen LogP contribution in [0.25, 0.3) is 0 Å². The standard InChI is InChI=1S/C14H24O3/c1-4-10-14(12(15)16-5-2)13(3,17-14)11-8-6-7-9-11/h11H,4-10H2,1-3H3. The molecule has 2 fully saturated rings. The zero-order valence-corrected chi connectivity index (χ0v) is 11.3. The number of epoxide rings is 1. The fourth-order valence-electron chi connectivity index (χ4n) is 3.47. The Bertz CT molecular complexity index is 296. The van der Waals surface area contributed by atoms with E-state index in [0.29, 0.717) is 12.5 Å². The zero-order chi connectivity index (χ0) is 12.5. The Hall–Kier alpha value is -0.570. The van der Waals surface area contributed by atoms with Gasteiger partial charge in [0.1, 0.15) is 5.60 Å². The van der Waals surface area contributed by atoms with E-state index in [4.69, 9.17) is 9.47 Å². The molecule has 2 unspecified atom stereocenters. The summed E-state index contributed by atoms with van der Waals surface area (Å²) in [7, 11) is 0. The number of ether oxygens (including phenoxy) is 2. The minimum Gasteiger partial charge on any atom is -0.464 e. The van der Waals surface area contributed by atoms with E-state index in [9.17, 15) is 4.79 Å². The number of rotatable bonds is 5. The van der Waals surface area contributed by atoms with Gasteiger partial charge in [0.25, 0.3) is 0 Å². The summed E-state index contributed by atoms with van der Waals surface area (Å²) in [5, 5.41) is 0. The first-order valence-electron chi connectivity index (χ1n) is 6.98. The molecule has 2 atom stereocenters. The van der Waals surface area contributed by atoms with Gasteiger partial charge < -0.3 is 9.47 Å². The highest BCUT2D eigenvalue weighted by Crippen LogP contribution is 2.59. The number of hydrogen-bond donors (Lipinski definition) is 0. The average molecular weight is 240 g/mol.